The maximum absolute atomic E-state index is 12.8. The molecule has 0 aliphatic carbocycles. The Hall–Kier alpha value is -4.17. The molecule has 154 valence electrons. The summed E-state index contributed by atoms with van der Waals surface area (Å²) < 4.78 is 5.67. The summed E-state index contributed by atoms with van der Waals surface area (Å²) in [5.41, 5.74) is 0.509. The number of carboxylic acid groups (broad SMARTS) is 1. The Morgan fingerprint density at radius 3 is 2.45 bits per heavy atom. The molecule has 9 heteroatoms. The van der Waals surface area contributed by atoms with Crippen LogP contribution in [-0.4, -0.2) is 28.9 Å². The van der Waals surface area contributed by atoms with Gasteiger partial charge in [-0.05, 0) is 42.5 Å². The molecule has 1 saturated heterocycles. The van der Waals surface area contributed by atoms with Crippen LogP contribution in [0.25, 0.3) is 17.4 Å². The number of barbiturate groups is 1. The second-order valence-corrected chi connectivity index (χ2v) is 6.90. The van der Waals surface area contributed by atoms with Gasteiger partial charge in [0, 0.05) is 5.56 Å². The van der Waals surface area contributed by atoms with Crippen LogP contribution < -0.4 is 10.2 Å². The minimum atomic E-state index is -1.15. The Morgan fingerprint density at radius 2 is 1.77 bits per heavy atom. The van der Waals surface area contributed by atoms with Crippen LogP contribution in [0.15, 0.2) is 70.7 Å². The molecule has 2 aromatic carbocycles. The highest BCUT2D eigenvalue weighted by Crippen LogP contribution is 2.29. The van der Waals surface area contributed by atoms with Crippen molar-refractivity contribution in [2.45, 2.75) is 0 Å². The molecule has 2 N–H and O–H groups in total. The molecule has 0 radical (unpaired) electrons. The first kappa shape index (κ1) is 20.1. The predicted octanol–water partition coefficient (Wildman–Crippen LogP) is 3.96. The van der Waals surface area contributed by atoms with Crippen LogP contribution in [0, 0.1) is 0 Å². The third-order valence-electron chi connectivity index (χ3n) is 4.51. The molecule has 1 aliphatic rings. The Kier molecular flexibility index (Phi) is 5.14. The van der Waals surface area contributed by atoms with E-state index in [1.54, 1.807) is 36.4 Å². The third kappa shape index (κ3) is 3.84. The zero-order valence-electron chi connectivity index (χ0n) is 15.7. The van der Waals surface area contributed by atoms with Crippen molar-refractivity contribution < 1.29 is 28.7 Å². The van der Waals surface area contributed by atoms with Crippen molar-refractivity contribution in [1.29, 1.82) is 0 Å². The van der Waals surface area contributed by atoms with E-state index in [1.165, 1.54) is 30.3 Å². The summed E-state index contributed by atoms with van der Waals surface area (Å²) in [5, 5.41) is 11.2. The quantitative estimate of drug-likeness (QED) is 0.472. The number of aromatic carboxylic acids is 1. The number of carbonyl (C=O) groups excluding carboxylic acids is 3. The van der Waals surface area contributed by atoms with E-state index in [1.807, 2.05) is 0 Å². The molecular formula is C22H13ClN2O6. The molecule has 0 atom stereocenters. The fourth-order valence-electron chi connectivity index (χ4n) is 3.04. The number of benzene rings is 2. The van der Waals surface area contributed by atoms with Crippen molar-refractivity contribution in [1.82, 2.24) is 5.32 Å². The Balaban J connectivity index is 1.66. The number of anilines is 1. The van der Waals surface area contributed by atoms with Crippen molar-refractivity contribution in [2.75, 3.05) is 4.90 Å². The zero-order chi connectivity index (χ0) is 22.1. The monoisotopic (exact) mass is 436 g/mol. The van der Waals surface area contributed by atoms with E-state index in [2.05, 4.69) is 5.32 Å². The van der Waals surface area contributed by atoms with Gasteiger partial charge in [0.15, 0.2) is 0 Å². The van der Waals surface area contributed by atoms with Crippen molar-refractivity contribution in [3.63, 3.8) is 0 Å². The highest BCUT2D eigenvalue weighted by Gasteiger charge is 2.36. The number of urea groups is 1. The van der Waals surface area contributed by atoms with Crippen molar-refractivity contribution in [3.05, 3.63) is 82.6 Å². The van der Waals surface area contributed by atoms with E-state index in [0.717, 1.165) is 4.90 Å². The van der Waals surface area contributed by atoms with Gasteiger partial charge in [-0.3, -0.25) is 14.9 Å². The molecule has 0 unspecified atom stereocenters. The number of imide groups is 2. The van der Waals surface area contributed by atoms with Gasteiger partial charge < -0.3 is 9.52 Å². The largest absolute Gasteiger partial charge is 0.478 e. The van der Waals surface area contributed by atoms with E-state index >= 15 is 0 Å². The van der Waals surface area contributed by atoms with Gasteiger partial charge in [-0.2, -0.15) is 0 Å². The maximum atomic E-state index is 12.8. The molecule has 0 spiro atoms. The smallest absolute Gasteiger partial charge is 0.337 e. The highest BCUT2D eigenvalue weighted by atomic mass is 35.5. The topological polar surface area (TPSA) is 117 Å². The molecule has 2 heterocycles. The summed E-state index contributed by atoms with van der Waals surface area (Å²) in [6.07, 6.45) is 1.23. The van der Waals surface area contributed by atoms with E-state index in [9.17, 15) is 19.2 Å². The van der Waals surface area contributed by atoms with Gasteiger partial charge in [-0.15, -0.1) is 0 Å². The van der Waals surface area contributed by atoms with Gasteiger partial charge in [0.1, 0.15) is 17.1 Å². The summed E-state index contributed by atoms with van der Waals surface area (Å²) in [7, 11) is 0. The van der Waals surface area contributed by atoms with Gasteiger partial charge in [-0.1, -0.05) is 35.9 Å². The number of rotatable bonds is 4. The van der Waals surface area contributed by atoms with Crippen molar-refractivity contribution >= 4 is 47.2 Å². The Labute approximate surface area is 180 Å². The number of carbonyl (C=O) groups is 4. The van der Waals surface area contributed by atoms with Crippen LogP contribution in [0.4, 0.5) is 10.5 Å². The molecule has 3 aromatic rings. The lowest BCUT2D eigenvalue weighted by Gasteiger charge is -2.26. The van der Waals surface area contributed by atoms with Gasteiger partial charge in [-0.25, -0.2) is 14.5 Å². The number of furan rings is 1. The number of hydrogen-bond donors (Lipinski definition) is 2. The number of nitrogens with one attached hydrogen (secondary N) is 1. The van der Waals surface area contributed by atoms with Crippen LogP contribution in [0.2, 0.25) is 5.02 Å². The number of halogens is 1. The number of hydrogen-bond acceptors (Lipinski definition) is 5. The van der Waals surface area contributed by atoms with E-state index in [-0.39, 0.29) is 21.9 Å². The molecular weight excluding hydrogens is 424 g/mol. The molecule has 1 aromatic heterocycles. The first-order valence-electron chi connectivity index (χ1n) is 8.94. The molecule has 1 fully saturated rings. The van der Waals surface area contributed by atoms with Crippen LogP contribution in [0.3, 0.4) is 0 Å². The number of carboxylic acids is 1. The van der Waals surface area contributed by atoms with Gasteiger partial charge in [0.2, 0.25) is 0 Å². The lowest BCUT2D eigenvalue weighted by Crippen LogP contribution is -2.54. The van der Waals surface area contributed by atoms with Crippen LogP contribution >= 0.6 is 11.6 Å². The van der Waals surface area contributed by atoms with E-state index in [4.69, 9.17) is 21.1 Å². The third-order valence-corrected chi connectivity index (χ3v) is 4.83. The second kappa shape index (κ2) is 7.92. The molecule has 4 rings (SSSR count). The first-order chi connectivity index (χ1) is 14.8. The fraction of sp³-hybridized carbons (Fsp3) is 0. The molecule has 0 saturated carbocycles. The minimum absolute atomic E-state index is 0.0418. The minimum Gasteiger partial charge on any atom is -0.478 e. The Bertz CT molecular complexity index is 1260. The number of amides is 4. The molecule has 4 amide bonds. The lowest BCUT2D eigenvalue weighted by molar-refractivity contribution is -0.122. The predicted molar refractivity (Wildman–Crippen MR) is 112 cm³/mol. The van der Waals surface area contributed by atoms with E-state index < -0.39 is 23.8 Å². The summed E-state index contributed by atoms with van der Waals surface area (Å²) in [4.78, 5) is 49.2. The lowest BCUT2D eigenvalue weighted by atomic mass is 10.1. The summed E-state index contributed by atoms with van der Waals surface area (Å²) >= 11 is 5.99. The summed E-state index contributed by atoms with van der Waals surface area (Å²) in [5.74, 6) is -2.24. The number of para-hydroxylation sites is 1. The van der Waals surface area contributed by atoms with Crippen molar-refractivity contribution in [2.24, 2.45) is 0 Å². The second-order valence-electron chi connectivity index (χ2n) is 6.50. The summed E-state index contributed by atoms with van der Waals surface area (Å²) in [6, 6.07) is 14.8. The van der Waals surface area contributed by atoms with Gasteiger partial charge >= 0.3 is 12.0 Å². The molecule has 31 heavy (non-hydrogen) atoms. The first-order valence-corrected chi connectivity index (χ1v) is 9.32. The Morgan fingerprint density at radius 1 is 1.03 bits per heavy atom. The standard InChI is InChI=1S/C22H13ClN2O6/c23-17-10-12(6-8-15(17)21(28)29)18-9-7-14(31-18)11-16-19(26)24-22(30)25(20(16)27)13-4-2-1-3-5-13/h1-11H,(H,28,29)(H,24,26,30)/b16-11-. The average Bonchev–Trinajstić information content (AvgIpc) is 3.20. The van der Waals surface area contributed by atoms with Crippen LogP contribution in [0.5, 0.6) is 0 Å². The van der Waals surface area contributed by atoms with Gasteiger partial charge in [0.25, 0.3) is 11.8 Å². The summed E-state index contributed by atoms with van der Waals surface area (Å²) in [6.45, 7) is 0. The SMILES string of the molecule is O=C1NC(=O)N(c2ccccc2)C(=O)/C1=C\c1ccc(-c2ccc(C(=O)O)c(Cl)c2)o1. The molecule has 1 aliphatic heterocycles. The normalized spacial score (nSPS) is 15.3. The zero-order valence-corrected chi connectivity index (χ0v) is 16.4. The fourth-order valence-corrected chi connectivity index (χ4v) is 3.30. The highest BCUT2D eigenvalue weighted by molar-refractivity contribution is 6.39. The average molecular weight is 437 g/mol. The van der Waals surface area contributed by atoms with Gasteiger partial charge in [0.05, 0.1) is 16.3 Å². The van der Waals surface area contributed by atoms with Crippen LogP contribution in [-0.2, 0) is 9.59 Å². The van der Waals surface area contributed by atoms with Crippen molar-refractivity contribution in [3.8, 4) is 11.3 Å². The number of nitrogens with zero attached hydrogens (tertiary/aromatic N) is 1. The molecule has 8 nitrogen and oxygen atoms in total. The van der Waals surface area contributed by atoms with E-state index in [0.29, 0.717) is 17.0 Å². The van der Waals surface area contributed by atoms with Crippen LogP contribution in [0.1, 0.15) is 16.1 Å². The maximum Gasteiger partial charge on any atom is 0.337 e. The molecule has 0 bridgehead atoms.